The van der Waals surface area contributed by atoms with Crippen molar-refractivity contribution in [1.82, 2.24) is 15.3 Å². The SMILES string of the molecule is CNC(=O)c1nccnc1NS(=O)(=O)c1ccc(Oc2ccccc2Cl)cc1. The van der Waals surface area contributed by atoms with Gasteiger partial charge in [-0.05, 0) is 36.4 Å². The summed E-state index contributed by atoms with van der Waals surface area (Å²) in [5, 5.41) is 2.81. The van der Waals surface area contributed by atoms with E-state index in [2.05, 4.69) is 20.0 Å². The number of hydrogen-bond acceptors (Lipinski definition) is 6. The maximum absolute atomic E-state index is 12.6. The second-order valence-corrected chi connectivity index (χ2v) is 7.53. The lowest BCUT2D eigenvalue weighted by Crippen LogP contribution is -2.23. The standard InChI is InChI=1S/C18H15ClN4O4S/c1-20-18(24)16-17(22-11-10-21-16)23-28(25,26)13-8-6-12(7-9-13)27-15-5-3-2-4-14(15)19/h2-11H,1H3,(H,20,24)(H,22,23). The van der Waals surface area contributed by atoms with Crippen molar-refractivity contribution in [3.05, 3.63) is 71.6 Å². The molecule has 1 amide bonds. The van der Waals surface area contributed by atoms with Gasteiger partial charge in [0.05, 0.1) is 9.92 Å². The molecule has 2 N–H and O–H groups in total. The van der Waals surface area contributed by atoms with E-state index < -0.39 is 15.9 Å². The molecule has 0 unspecified atom stereocenters. The molecule has 28 heavy (non-hydrogen) atoms. The van der Waals surface area contributed by atoms with Gasteiger partial charge in [-0.3, -0.25) is 9.52 Å². The van der Waals surface area contributed by atoms with Crippen LogP contribution in [0.15, 0.2) is 65.8 Å². The maximum atomic E-state index is 12.6. The first-order valence-corrected chi connectivity index (χ1v) is 9.85. The van der Waals surface area contributed by atoms with Gasteiger partial charge in [-0.25, -0.2) is 18.4 Å². The minimum Gasteiger partial charge on any atom is -0.456 e. The molecule has 2 aromatic carbocycles. The van der Waals surface area contributed by atoms with E-state index in [1.54, 1.807) is 24.3 Å². The molecule has 3 rings (SSSR count). The number of ether oxygens (including phenoxy) is 1. The van der Waals surface area contributed by atoms with E-state index in [1.165, 1.54) is 43.7 Å². The van der Waals surface area contributed by atoms with Crippen LogP contribution in [-0.4, -0.2) is 31.3 Å². The molecule has 0 saturated carbocycles. The smallest absolute Gasteiger partial charge is 0.273 e. The highest BCUT2D eigenvalue weighted by Crippen LogP contribution is 2.29. The van der Waals surface area contributed by atoms with Crippen molar-refractivity contribution in [2.45, 2.75) is 4.90 Å². The van der Waals surface area contributed by atoms with E-state index in [9.17, 15) is 13.2 Å². The minimum atomic E-state index is -3.99. The molecule has 8 nitrogen and oxygen atoms in total. The molecule has 1 aromatic heterocycles. The fourth-order valence-corrected chi connectivity index (χ4v) is 3.42. The largest absolute Gasteiger partial charge is 0.456 e. The summed E-state index contributed by atoms with van der Waals surface area (Å²) in [6.07, 6.45) is 2.58. The Bertz CT molecular complexity index is 1100. The van der Waals surface area contributed by atoms with Crippen LogP contribution in [0.25, 0.3) is 0 Å². The molecule has 0 aliphatic heterocycles. The van der Waals surface area contributed by atoms with Gasteiger partial charge in [-0.1, -0.05) is 23.7 Å². The topological polar surface area (TPSA) is 110 Å². The number of hydrogen-bond donors (Lipinski definition) is 2. The fraction of sp³-hybridized carbons (Fsp3) is 0.0556. The monoisotopic (exact) mass is 418 g/mol. The van der Waals surface area contributed by atoms with Crippen molar-refractivity contribution in [2.24, 2.45) is 0 Å². The molecule has 0 aliphatic rings. The highest BCUT2D eigenvalue weighted by atomic mass is 35.5. The van der Waals surface area contributed by atoms with Gasteiger partial charge in [-0.2, -0.15) is 0 Å². The first-order valence-electron chi connectivity index (χ1n) is 7.99. The van der Waals surface area contributed by atoms with Crippen LogP contribution in [0.3, 0.4) is 0 Å². The van der Waals surface area contributed by atoms with Crippen molar-refractivity contribution < 1.29 is 17.9 Å². The zero-order valence-corrected chi connectivity index (χ0v) is 16.2. The van der Waals surface area contributed by atoms with Crippen LogP contribution < -0.4 is 14.8 Å². The number of benzene rings is 2. The lowest BCUT2D eigenvalue weighted by molar-refractivity contribution is 0.0959. The first kappa shape index (κ1) is 19.6. The average molecular weight is 419 g/mol. The van der Waals surface area contributed by atoms with Gasteiger partial charge in [0, 0.05) is 19.4 Å². The predicted octanol–water partition coefficient (Wildman–Crippen LogP) is 3.08. The van der Waals surface area contributed by atoms with Crippen LogP contribution in [-0.2, 0) is 10.0 Å². The van der Waals surface area contributed by atoms with Crippen LogP contribution in [0.4, 0.5) is 5.82 Å². The quantitative estimate of drug-likeness (QED) is 0.636. The molecule has 1 heterocycles. The van der Waals surface area contributed by atoms with Crippen molar-refractivity contribution in [2.75, 3.05) is 11.8 Å². The molecule has 0 aliphatic carbocycles. The number of carbonyl (C=O) groups excluding carboxylic acids is 1. The zero-order valence-electron chi connectivity index (χ0n) is 14.6. The number of para-hydroxylation sites is 1. The third kappa shape index (κ3) is 4.38. The normalized spacial score (nSPS) is 10.9. The van der Waals surface area contributed by atoms with Crippen molar-refractivity contribution in [1.29, 1.82) is 0 Å². The third-order valence-electron chi connectivity index (χ3n) is 3.57. The van der Waals surface area contributed by atoms with Gasteiger partial charge < -0.3 is 10.1 Å². The number of amides is 1. The predicted molar refractivity (Wildman–Crippen MR) is 104 cm³/mol. The minimum absolute atomic E-state index is 0.0347. The Hall–Kier alpha value is -3.17. The molecule has 3 aromatic rings. The Morgan fingerprint density at radius 1 is 1.04 bits per heavy atom. The number of nitrogens with one attached hydrogen (secondary N) is 2. The summed E-state index contributed by atoms with van der Waals surface area (Å²) < 4.78 is 33.1. The average Bonchev–Trinajstić information content (AvgIpc) is 2.70. The summed E-state index contributed by atoms with van der Waals surface area (Å²) in [4.78, 5) is 19.5. The Labute approximate surface area is 166 Å². The van der Waals surface area contributed by atoms with E-state index in [1.807, 2.05) is 0 Å². The van der Waals surface area contributed by atoms with Gasteiger partial charge in [0.1, 0.15) is 11.5 Å². The van der Waals surface area contributed by atoms with Crippen molar-refractivity contribution >= 4 is 33.3 Å². The molecular formula is C18H15ClN4O4S. The Morgan fingerprint density at radius 3 is 2.39 bits per heavy atom. The van der Waals surface area contributed by atoms with Crippen LogP contribution in [0.2, 0.25) is 5.02 Å². The van der Waals surface area contributed by atoms with Gasteiger partial charge in [0.2, 0.25) is 0 Å². The van der Waals surface area contributed by atoms with E-state index in [4.69, 9.17) is 16.3 Å². The molecule has 10 heteroatoms. The highest BCUT2D eigenvalue weighted by molar-refractivity contribution is 7.92. The Kier molecular flexibility index (Phi) is 5.76. The fourth-order valence-electron chi connectivity index (χ4n) is 2.22. The van der Waals surface area contributed by atoms with E-state index in [0.29, 0.717) is 16.5 Å². The number of nitrogens with zero attached hydrogens (tertiary/aromatic N) is 2. The molecule has 0 atom stereocenters. The maximum Gasteiger partial charge on any atom is 0.273 e. The number of sulfonamides is 1. The van der Waals surface area contributed by atoms with Crippen LogP contribution in [0, 0.1) is 0 Å². The molecule has 0 saturated heterocycles. The second-order valence-electron chi connectivity index (χ2n) is 5.44. The number of anilines is 1. The van der Waals surface area contributed by atoms with Gasteiger partial charge >= 0.3 is 0 Å². The first-order chi connectivity index (χ1) is 13.4. The molecule has 0 bridgehead atoms. The molecule has 0 spiro atoms. The summed E-state index contributed by atoms with van der Waals surface area (Å²) in [7, 11) is -2.58. The van der Waals surface area contributed by atoms with Crippen LogP contribution in [0.5, 0.6) is 11.5 Å². The van der Waals surface area contributed by atoms with Gasteiger partial charge in [0.15, 0.2) is 11.5 Å². The molecule has 144 valence electrons. The highest BCUT2D eigenvalue weighted by Gasteiger charge is 2.20. The van der Waals surface area contributed by atoms with Crippen molar-refractivity contribution in [3.8, 4) is 11.5 Å². The van der Waals surface area contributed by atoms with E-state index >= 15 is 0 Å². The van der Waals surface area contributed by atoms with Crippen LogP contribution in [0.1, 0.15) is 10.5 Å². The van der Waals surface area contributed by atoms with Gasteiger partial charge in [-0.15, -0.1) is 0 Å². The summed E-state index contributed by atoms with van der Waals surface area (Å²) >= 11 is 6.04. The Balaban J connectivity index is 1.82. The number of halogens is 1. The van der Waals surface area contributed by atoms with Gasteiger partial charge in [0.25, 0.3) is 15.9 Å². The number of aromatic nitrogens is 2. The lowest BCUT2D eigenvalue weighted by Gasteiger charge is -2.11. The summed E-state index contributed by atoms with van der Waals surface area (Å²) in [5.74, 6) is 0.137. The second kappa shape index (κ2) is 8.24. The Morgan fingerprint density at radius 2 is 1.71 bits per heavy atom. The summed E-state index contributed by atoms with van der Waals surface area (Å²) in [6, 6.07) is 12.6. The molecule has 0 fully saturated rings. The van der Waals surface area contributed by atoms with E-state index in [-0.39, 0.29) is 16.4 Å². The molecular weight excluding hydrogens is 404 g/mol. The number of rotatable bonds is 6. The third-order valence-corrected chi connectivity index (χ3v) is 5.24. The summed E-state index contributed by atoms with van der Waals surface area (Å²) in [5.41, 5.74) is -0.132. The van der Waals surface area contributed by atoms with Crippen LogP contribution >= 0.6 is 11.6 Å². The summed E-state index contributed by atoms with van der Waals surface area (Å²) in [6.45, 7) is 0. The van der Waals surface area contributed by atoms with Crippen molar-refractivity contribution in [3.63, 3.8) is 0 Å². The van der Waals surface area contributed by atoms with E-state index in [0.717, 1.165) is 0 Å². The molecule has 0 radical (unpaired) electrons. The lowest BCUT2D eigenvalue weighted by atomic mass is 10.3. The zero-order chi connectivity index (χ0) is 20.1. The number of carbonyl (C=O) groups is 1.